The summed E-state index contributed by atoms with van der Waals surface area (Å²) in [6.07, 6.45) is 0.968. The van der Waals surface area contributed by atoms with Gasteiger partial charge in [0, 0.05) is 26.3 Å². The smallest absolute Gasteiger partial charge is 0.308 e. The largest absolute Gasteiger partial charge is 0.481 e. The summed E-state index contributed by atoms with van der Waals surface area (Å²) in [5.74, 6) is -1.98. The van der Waals surface area contributed by atoms with Crippen molar-refractivity contribution in [2.45, 2.75) is 25.2 Å². The van der Waals surface area contributed by atoms with Crippen LogP contribution in [0.25, 0.3) is 0 Å². The molecule has 1 amide bonds. The Balaban J connectivity index is 1.92. The lowest BCUT2D eigenvalue weighted by molar-refractivity contribution is -0.143. The predicted octanol–water partition coefficient (Wildman–Crippen LogP) is 2.05. The van der Waals surface area contributed by atoms with Gasteiger partial charge in [-0.15, -0.1) is 0 Å². The molecular weight excluding hydrogens is 313 g/mol. The molecule has 2 aliphatic rings. The van der Waals surface area contributed by atoms with Gasteiger partial charge in [0.15, 0.2) is 0 Å². The van der Waals surface area contributed by atoms with Gasteiger partial charge in [-0.25, -0.2) is 4.39 Å². The maximum absolute atomic E-state index is 13.7. The predicted molar refractivity (Wildman–Crippen MR) is 85.0 cm³/mol. The van der Waals surface area contributed by atoms with Crippen molar-refractivity contribution in [3.63, 3.8) is 0 Å². The van der Waals surface area contributed by atoms with Crippen LogP contribution in [0, 0.1) is 17.7 Å². The van der Waals surface area contributed by atoms with Crippen molar-refractivity contribution in [2.24, 2.45) is 11.8 Å². The molecule has 2 saturated heterocycles. The molecule has 1 aromatic rings. The molecule has 1 aromatic carbocycles. The fourth-order valence-electron chi connectivity index (χ4n) is 3.89. The fraction of sp³-hybridized carbons (Fsp3) is 0.556. The lowest BCUT2D eigenvalue weighted by Gasteiger charge is -2.39. The van der Waals surface area contributed by atoms with Crippen molar-refractivity contribution in [1.29, 1.82) is 0 Å². The number of rotatable bonds is 3. The normalized spacial score (nSPS) is 26.3. The topological polar surface area (TPSA) is 66.8 Å². The number of benzene rings is 1. The highest BCUT2D eigenvalue weighted by molar-refractivity contribution is 5.89. The number of hydrogen-bond donors (Lipinski definition) is 1. The number of hydrogen-bond acceptors (Lipinski definition) is 3. The van der Waals surface area contributed by atoms with Crippen LogP contribution in [-0.2, 0) is 19.7 Å². The van der Waals surface area contributed by atoms with Gasteiger partial charge >= 0.3 is 5.97 Å². The Morgan fingerprint density at radius 2 is 2.00 bits per heavy atom. The Morgan fingerprint density at radius 1 is 1.29 bits per heavy atom. The number of nitrogens with zero attached hydrogens (tertiary/aromatic N) is 1. The maximum Gasteiger partial charge on any atom is 0.308 e. The molecule has 0 spiro atoms. The average Bonchev–Trinajstić information content (AvgIpc) is 2.97. The molecule has 2 aliphatic heterocycles. The van der Waals surface area contributed by atoms with E-state index in [4.69, 9.17) is 4.74 Å². The number of amides is 1. The number of ether oxygens (including phenoxy) is 1. The molecule has 0 aliphatic carbocycles. The van der Waals surface area contributed by atoms with Crippen LogP contribution in [0.1, 0.15) is 25.3 Å². The van der Waals surface area contributed by atoms with E-state index < -0.39 is 17.3 Å². The van der Waals surface area contributed by atoms with Gasteiger partial charge in [0.25, 0.3) is 0 Å². The van der Waals surface area contributed by atoms with Crippen LogP contribution in [-0.4, -0.2) is 48.2 Å². The van der Waals surface area contributed by atoms with Gasteiger partial charge in [0.05, 0.1) is 11.3 Å². The molecule has 3 rings (SSSR count). The summed E-state index contributed by atoms with van der Waals surface area (Å²) in [7, 11) is 0. The van der Waals surface area contributed by atoms with Crippen LogP contribution >= 0.6 is 0 Å². The first-order valence-electron chi connectivity index (χ1n) is 8.30. The van der Waals surface area contributed by atoms with Crippen molar-refractivity contribution in [3.8, 4) is 0 Å². The van der Waals surface area contributed by atoms with Crippen LogP contribution in [0.15, 0.2) is 24.3 Å². The minimum atomic E-state index is -0.871. The third kappa shape index (κ3) is 2.90. The third-order valence-electron chi connectivity index (χ3n) is 5.35. The van der Waals surface area contributed by atoms with Gasteiger partial charge in [-0.05, 0) is 36.5 Å². The summed E-state index contributed by atoms with van der Waals surface area (Å²) >= 11 is 0. The standard InChI is InChI=1S/C18H22FNO4/c1-12-10-20(11-15(12)16(21)22)17(23)18(5-7-24-8-6-18)13-3-2-4-14(19)9-13/h2-4,9,12,15H,5-8,10-11H2,1H3,(H,21,22)/t12-,15-/m1/s1. The summed E-state index contributed by atoms with van der Waals surface area (Å²) in [5, 5.41) is 9.30. The fourth-order valence-corrected chi connectivity index (χ4v) is 3.89. The number of carbonyl (C=O) groups excluding carboxylic acids is 1. The van der Waals surface area contributed by atoms with Crippen molar-refractivity contribution >= 4 is 11.9 Å². The summed E-state index contributed by atoms with van der Waals surface area (Å²) in [5.41, 5.74) is -0.171. The van der Waals surface area contributed by atoms with Crippen LogP contribution in [0.4, 0.5) is 4.39 Å². The van der Waals surface area contributed by atoms with Crippen LogP contribution in [0.5, 0.6) is 0 Å². The maximum atomic E-state index is 13.7. The summed E-state index contributed by atoms with van der Waals surface area (Å²) < 4.78 is 19.1. The van der Waals surface area contributed by atoms with E-state index in [0.29, 0.717) is 38.2 Å². The first-order chi connectivity index (χ1) is 11.4. The first-order valence-corrected chi connectivity index (χ1v) is 8.30. The summed E-state index contributed by atoms with van der Waals surface area (Å²) in [4.78, 5) is 26.3. The number of carboxylic acid groups (broad SMARTS) is 1. The zero-order chi connectivity index (χ0) is 17.3. The highest BCUT2D eigenvalue weighted by Crippen LogP contribution is 2.39. The zero-order valence-corrected chi connectivity index (χ0v) is 13.7. The highest BCUT2D eigenvalue weighted by Gasteiger charge is 2.47. The van der Waals surface area contributed by atoms with Gasteiger partial charge in [-0.3, -0.25) is 9.59 Å². The van der Waals surface area contributed by atoms with E-state index >= 15 is 0 Å². The van der Waals surface area contributed by atoms with E-state index in [0.717, 1.165) is 0 Å². The summed E-state index contributed by atoms with van der Waals surface area (Å²) in [6, 6.07) is 6.17. The quantitative estimate of drug-likeness (QED) is 0.918. The van der Waals surface area contributed by atoms with Crippen molar-refractivity contribution in [1.82, 2.24) is 4.90 Å². The second-order valence-corrected chi connectivity index (χ2v) is 6.84. The van der Waals surface area contributed by atoms with Crippen LogP contribution in [0.2, 0.25) is 0 Å². The second kappa shape index (κ2) is 6.51. The molecule has 0 unspecified atom stereocenters. The highest BCUT2D eigenvalue weighted by atomic mass is 19.1. The Kier molecular flexibility index (Phi) is 4.58. The Morgan fingerprint density at radius 3 is 2.58 bits per heavy atom. The van der Waals surface area contributed by atoms with E-state index in [9.17, 15) is 19.1 Å². The van der Waals surface area contributed by atoms with E-state index in [1.165, 1.54) is 12.1 Å². The van der Waals surface area contributed by atoms with Gasteiger partial charge in [0.2, 0.25) is 5.91 Å². The molecule has 2 fully saturated rings. The average molecular weight is 335 g/mol. The SMILES string of the molecule is C[C@@H]1CN(C(=O)C2(c3cccc(F)c3)CCOCC2)C[C@H]1C(=O)O. The van der Waals surface area contributed by atoms with E-state index in [-0.39, 0.29) is 24.2 Å². The number of halogens is 1. The van der Waals surface area contributed by atoms with Gasteiger partial charge in [0.1, 0.15) is 5.82 Å². The van der Waals surface area contributed by atoms with Crippen molar-refractivity contribution in [2.75, 3.05) is 26.3 Å². The number of carbonyl (C=O) groups is 2. The molecule has 0 bridgehead atoms. The molecule has 0 radical (unpaired) electrons. The van der Waals surface area contributed by atoms with E-state index in [2.05, 4.69) is 0 Å². The molecule has 2 atom stereocenters. The monoisotopic (exact) mass is 335 g/mol. The molecular formula is C18H22FNO4. The van der Waals surface area contributed by atoms with E-state index in [1.807, 2.05) is 6.92 Å². The van der Waals surface area contributed by atoms with Crippen molar-refractivity contribution < 1.29 is 23.8 Å². The Hall–Kier alpha value is -1.95. The number of aliphatic carboxylic acids is 1. The van der Waals surface area contributed by atoms with Gasteiger partial charge < -0.3 is 14.7 Å². The molecule has 5 nitrogen and oxygen atoms in total. The number of likely N-dealkylation sites (tertiary alicyclic amines) is 1. The Labute approximate surface area is 140 Å². The minimum Gasteiger partial charge on any atom is -0.481 e. The molecule has 2 heterocycles. The molecule has 130 valence electrons. The molecule has 0 saturated carbocycles. The minimum absolute atomic E-state index is 0.0872. The lowest BCUT2D eigenvalue weighted by Crippen LogP contribution is -2.49. The lowest BCUT2D eigenvalue weighted by atomic mass is 9.73. The first kappa shape index (κ1) is 16.9. The van der Waals surface area contributed by atoms with Crippen LogP contribution < -0.4 is 0 Å². The zero-order valence-electron chi connectivity index (χ0n) is 13.7. The van der Waals surface area contributed by atoms with Crippen molar-refractivity contribution in [3.05, 3.63) is 35.6 Å². The molecule has 6 heteroatoms. The van der Waals surface area contributed by atoms with Crippen LogP contribution in [0.3, 0.4) is 0 Å². The second-order valence-electron chi connectivity index (χ2n) is 6.84. The summed E-state index contributed by atoms with van der Waals surface area (Å²) in [6.45, 7) is 3.37. The van der Waals surface area contributed by atoms with Gasteiger partial charge in [-0.2, -0.15) is 0 Å². The molecule has 24 heavy (non-hydrogen) atoms. The third-order valence-corrected chi connectivity index (χ3v) is 5.35. The Bertz CT molecular complexity index is 642. The number of carboxylic acids is 1. The van der Waals surface area contributed by atoms with E-state index in [1.54, 1.807) is 17.0 Å². The van der Waals surface area contributed by atoms with Gasteiger partial charge in [-0.1, -0.05) is 19.1 Å². The molecule has 1 N–H and O–H groups in total. The molecule has 0 aromatic heterocycles.